The van der Waals surface area contributed by atoms with Gasteiger partial charge in [0.25, 0.3) is 0 Å². The van der Waals surface area contributed by atoms with Crippen LogP contribution in [0, 0.1) is 45.6 Å². The lowest BCUT2D eigenvalue weighted by Crippen LogP contribution is -2.09. The van der Waals surface area contributed by atoms with Crippen LogP contribution >= 0.6 is 0 Å². The Hall–Kier alpha value is -9.43. The van der Waals surface area contributed by atoms with Crippen molar-refractivity contribution in [1.29, 1.82) is 5.26 Å². The number of aromatic nitrogens is 2. The molecule has 0 bridgehead atoms. The fraction of sp³-hybridized carbons (Fsp3) is 0.0746. The smallest absolute Gasteiger partial charge is 0.307 e. The summed E-state index contributed by atoms with van der Waals surface area (Å²) in [5.41, 5.74) is 15.3. The standard InChI is InChI=1S/C67H45F3N4/c1-40-11-6-15-44(29-40)48-21-25-53-54-26-22-49(45-16-7-12-41(2)30-45)34-61(54)73(60(53)33-48)64-37-52(39-71)57(66-58(67(68,69)70)19-10-20-59(66)72-5)38-65(64)74-62-35-50(46-17-8-13-42(3)31-46)23-27-55(62)56-28-24-51(36-63(56)74)47-18-9-14-43(4)32-47/h6-38H,1-4H3. The van der Waals surface area contributed by atoms with Gasteiger partial charge in [-0.25, -0.2) is 4.85 Å². The zero-order valence-corrected chi connectivity index (χ0v) is 41.0. The molecule has 10 aromatic carbocycles. The maximum absolute atomic E-state index is 15.4. The number of halogens is 3. The first-order valence-electron chi connectivity index (χ1n) is 24.5. The summed E-state index contributed by atoms with van der Waals surface area (Å²) in [7, 11) is 0. The van der Waals surface area contributed by atoms with Gasteiger partial charge in [0.1, 0.15) is 0 Å². The molecule has 0 unspecified atom stereocenters. The van der Waals surface area contributed by atoms with Gasteiger partial charge < -0.3 is 9.13 Å². The quantitative estimate of drug-likeness (QED) is 0.147. The lowest BCUT2D eigenvalue weighted by molar-refractivity contribution is -0.137. The molecule has 0 radical (unpaired) electrons. The predicted molar refractivity (Wildman–Crippen MR) is 297 cm³/mol. The van der Waals surface area contributed by atoms with E-state index in [1.165, 1.54) is 12.1 Å². The molecular formula is C67H45F3N4. The molecular weight excluding hydrogens is 918 g/mol. The Morgan fingerprint density at radius 3 is 1.08 bits per heavy atom. The molecule has 12 rings (SSSR count). The summed E-state index contributed by atoms with van der Waals surface area (Å²) in [5.74, 6) is 0. The van der Waals surface area contributed by atoms with Gasteiger partial charge in [0, 0.05) is 27.1 Å². The van der Waals surface area contributed by atoms with E-state index in [0.717, 1.165) is 116 Å². The monoisotopic (exact) mass is 962 g/mol. The summed E-state index contributed by atoms with van der Waals surface area (Å²) in [4.78, 5) is 3.67. The molecule has 0 fully saturated rings. The molecule has 74 heavy (non-hydrogen) atoms. The van der Waals surface area contributed by atoms with E-state index < -0.39 is 11.7 Å². The second kappa shape index (κ2) is 17.7. The second-order valence-corrected chi connectivity index (χ2v) is 19.4. The predicted octanol–water partition coefficient (Wildman–Crippen LogP) is 18.9. The number of rotatable bonds is 7. The van der Waals surface area contributed by atoms with E-state index in [0.29, 0.717) is 11.4 Å². The topological polar surface area (TPSA) is 38.0 Å². The third-order valence-corrected chi connectivity index (χ3v) is 14.4. The Morgan fingerprint density at radius 2 is 0.757 bits per heavy atom. The first kappa shape index (κ1) is 45.7. The van der Waals surface area contributed by atoms with Crippen LogP contribution in [0.5, 0.6) is 0 Å². The minimum absolute atomic E-state index is 0.00604. The first-order chi connectivity index (χ1) is 35.8. The van der Waals surface area contributed by atoms with Crippen LogP contribution in [0.25, 0.3) is 115 Å². The van der Waals surface area contributed by atoms with E-state index in [-0.39, 0.29) is 22.4 Å². The summed E-state index contributed by atoms with van der Waals surface area (Å²) >= 11 is 0. The van der Waals surface area contributed by atoms with Gasteiger partial charge in [-0.15, -0.1) is 0 Å². The van der Waals surface area contributed by atoms with Crippen molar-refractivity contribution in [2.75, 3.05) is 0 Å². The van der Waals surface area contributed by atoms with Crippen LogP contribution in [0.4, 0.5) is 18.9 Å². The van der Waals surface area contributed by atoms with E-state index in [1.807, 2.05) is 24.3 Å². The Labute approximate surface area is 426 Å². The average Bonchev–Trinajstić information content (AvgIpc) is 3.92. The maximum atomic E-state index is 15.4. The van der Waals surface area contributed by atoms with Crippen molar-refractivity contribution in [2.24, 2.45) is 0 Å². The van der Waals surface area contributed by atoms with Crippen LogP contribution in [0.3, 0.4) is 0 Å². The second-order valence-electron chi connectivity index (χ2n) is 19.4. The molecule has 0 saturated heterocycles. The third kappa shape index (κ3) is 7.78. The Balaban J connectivity index is 1.29. The number of aryl methyl sites for hydroxylation is 4. The van der Waals surface area contributed by atoms with E-state index in [1.54, 1.807) is 12.1 Å². The minimum Gasteiger partial charge on any atom is -0.307 e. The molecule has 0 aliphatic heterocycles. The van der Waals surface area contributed by atoms with Crippen LogP contribution in [-0.2, 0) is 6.18 Å². The number of hydrogen-bond acceptors (Lipinski definition) is 1. The number of benzene rings is 10. The highest BCUT2D eigenvalue weighted by atomic mass is 19.4. The van der Waals surface area contributed by atoms with Crippen LogP contribution in [0.1, 0.15) is 33.4 Å². The van der Waals surface area contributed by atoms with Crippen LogP contribution in [-0.4, -0.2) is 9.13 Å². The molecule has 2 heterocycles. The molecule has 0 saturated carbocycles. The molecule has 0 spiro atoms. The Kier molecular flexibility index (Phi) is 10.9. The summed E-state index contributed by atoms with van der Waals surface area (Å²) in [6.07, 6.45) is -4.84. The van der Waals surface area contributed by atoms with Gasteiger partial charge in [0.05, 0.1) is 57.2 Å². The molecule has 0 N–H and O–H groups in total. The van der Waals surface area contributed by atoms with E-state index >= 15 is 13.2 Å². The summed E-state index contributed by atoms with van der Waals surface area (Å²) in [6, 6.07) is 68.5. The highest BCUT2D eigenvalue weighted by Crippen LogP contribution is 2.48. The Morgan fingerprint density at radius 1 is 0.419 bits per heavy atom. The van der Waals surface area contributed by atoms with E-state index in [9.17, 15) is 5.26 Å². The highest BCUT2D eigenvalue weighted by Gasteiger charge is 2.36. The zero-order chi connectivity index (χ0) is 51.0. The van der Waals surface area contributed by atoms with Crippen molar-refractivity contribution in [2.45, 2.75) is 33.9 Å². The summed E-state index contributed by atoms with van der Waals surface area (Å²) < 4.78 is 50.6. The lowest BCUT2D eigenvalue weighted by Gasteiger charge is -2.22. The van der Waals surface area contributed by atoms with Crippen LogP contribution < -0.4 is 0 Å². The average molecular weight is 963 g/mol. The maximum Gasteiger partial charge on any atom is 0.415 e. The SMILES string of the molecule is [C-]#[N+]c1cccc(C(F)(F)F)c1-c1cc(-n2c3cc(-c4cccc(C)c4)ccc3c3ccc(-c4cccc(C)c4)cc32)c(-n2c3cc(-c4cccc(C)c4)ccc3c3ccc(-c4cccc(C)c4)cc32)cc1C#N. The fourth-order valence-corrected chi connectivity index (χ4v) is 11.0. The molecule has 0 aliphatic carbocycles. The number of hydrogen-bond donors (Lipinski definition) is 0. The van der Waals surface area contributed by atoms with E-state index in [2.05, 4.69) is 193 Å². The van der Waals surface area contributed by atoms with Gasteiger partial charge >= 0.3 is 6.18 Å². The van der Waals surface area contributed by atoms with Gasteiger partial charge in [0.2, 0.25) is 0 Å². The van der Waals surface area contributed by atoms with Crippen molar-refractivity contribution in [1.82, 2.24) is 9.13 Å². The van der Waals surface area contributed by atoms with Gasteiger partial charge in [-0.1, -0.05) is 186 Å². The van der Waals surface area contributed by atoms with Gasteiger partial charge in [-0.3, -0.25) is 0 Å². The number of fused-ring (bicyclic) bond motifs is 6. The van der Waals surface area contributed by atoms with Crippen molar-refractivity contribution in [3.63, 3.8) is 0 Å². The summed E-state index contributed by atoms with van der Waals surface area (Å²) in [5, 5.41) is 15.1. The fourth-order valence-electron chi connectivity index (χ4n) is 11.0. The van der Waals surface area contributed by atoms with Crippen molar-refractivity contribution in [3.8, 4) is 73.1 Å². The number of alkyl halides is 3. The molecule has 0 atom stereocenters. The first-order valence-corrected chi connectivity index (χ1v) is 24.5. The molecule has 2 aromatic heterocycles. The lowest BCUT2D eigenvalue weighted by atomic mass is 9.92. The van der Waals surface area contributed by atoms with Gasteiger partial charge in [0.15, 0.2) is 5.69 Å². The molecule has 12 aromatic rings. The number of nitrogens with zero attached hydrogens (tertiary/aromatic N) is 4. The van der Waals surface area contributed by atoms with Crippen LogP contribution in [0.15, 0.2) is 200 Å². The van der Waals surface area contributed by atoms with Gasteiger partial charge in [-0.2, -0.15) is 18.4 Å². The van der Waals surface area contributed by atoms with Crippen molar-refractivity contribution < 1.29 is 13.2 Å². The Bertz CT molecular complexity index is 4180. The highest BCUT2D eigenvalue weighted by molar-refractivity contribution is 6.14. The minimum atomic E-state index is -4.84. The third-order valence-electron chi connectivity index (χ3n) is 14.4. The molecule has 7 heteroatoms. The zero-order valence-electron chi connectivity index (χ0n) is 41.0. The largest absolute Gasteiger partial charge is 0.415 e. The summed E-state index contributed by atoms with van der Waals surface area (Å²) in [6.45, 7) is 16.5. The molecule has 354 valence electrons. The molecule has 0 aliphatic rings. The van der Waals surface area contributed by atoms with Crippen molar-refractivity contribution >= 4 is 49.3 Å². The van der Waals surface area contributed by atoms with Crippen LogP contribution in [0.2, 0.25) is 0 Å². The van der Waals surface area contributed by atoms with Gasteiger partial charge in [-0.05, 0) is 114 Å². The normalized spacial score (nSPS) is 11.7. The van der Waals surface area contributed by atoms with Crippen molar-refractivity contribution in [3.05, 3.63) is 245 Å². The molecule has 4 nitrogen and oxygen atoms in total. The molecule has 0 amide bonds. The number of nitriles is 1. The van der Waals surface area contributed by atoms with E-state index in [4.69, 9.17) is 6.57 Å².